The minimum atomic E-state index is -4.44. The van der Waals surface area contributed by atoms with Crippen LogP contribution >= 0.6 is 0 Å². The van der Waals surface area contributed by atoms with E-state index in [1.165, 1.54) is 6.08 Å². The average molecular weight is 370 g/mol. The molecule has 0 bridgehead atoms. The zero-order valence-electron chi connectivity index (χ0n) is 15.0. The van der Waals surface area contributed by atoms with E-state index in [4.69, 9.17) is 4.74 Å². The largest absolute Gasteiger partial charge is 0.406 e. The Kier molecular flexibility index (Phi) is 7.23. The van der Waals surface area contributed by atoms with Crippen LogP contribution in [0.2, 0.25) is 0 Å². The lowest BCUT2D eigenvalue weighted by atomic mass is 10.1. The van der Waals surface area contributed by atoms with Gasteiger partial charge in [-0.3, -0.25) is 9.69 Å². The summed E-state index contributed by atoms with van der Waals surface area (Å²) in [5.74, 6) is -0.644. The van der Waals surface area contributed by atoms with Gasteiger partial charge in [0.15, 0.2) is 0 Å². The molecule has 1 aromatic carbocycles. The van der Waals surface area contributed by atoms with Crippen LogP contribution in [0.25, 0.3) is 0 Å². The van der Waals surface area contributed by atoms with Gasteiger partial charge in [-0.05, 0) is 30.5 Å². The number of benzene rings is 1. The SMILES string of the molecule is C=CCN(CC(F)(F)F)C(=O)c1ccc(CN2CCC(OC)CC2)cc1. The van der Waals surface area contributed by atoms with Gasteiger partial charge < -0.3 is 9.64 Å². The van der Waals surface area contributed by atoms with Crippen molar-refractivity contribution < 1.29 is 22.7 Å². The van der Waals surface area contributed by atoms with Crippen LogP contribution in [-0.4, -0.2) is 61.3 Å². The van der Waals surface area contributed by atoms with Gasteiger partial charge in [0.05, 0.1) is 6.10 Å². The molecule has 0 aliphatic carbocycles. The minimum Gasteiger partial charge on any atom is -0.381 e. The molecule has 1 saturated heterocycles. The highest BCUT2D eigenvalue weighted by atomic mass is 19.4. The molecular weight excluding hydrogens is 345 g/mol. The molecule has 1 aromatic rings. The zero-order chi connectivity index (χ0) is 19.2. The first-order chi connectivity index (χ1) is 12.3. The van der Waals surface area contributed by atoms with Gasteiger partial charge in [0, 0.05) is 38.9 Å². The number of carbonyl (C=O) groups excluding carboxylic acids is 1. The predicted molar refractivity (Wildman–Crippen MR) is 93.9 cm³/mol. The standard InChI is InChI=1S/C19H25F3N2O2/c1-3-10-24(14-19(20,21)22)18(25)16-6-4-15(5-7-16)13-23-11-8-17(26-2)9-12-23/h3-7,17H,1,8-14H2,2H3. The number of hydrogen-bond acceptors (Lipinski definition) is 3. The number of halogens is 3. The maximum atomic E-state index is 12.6. The summed E-state index contributed by atoms with van der Waals surface area (Å²) in [5, 5.41) is 0. The van der Waals surface area contributed by atoms with Crippen molar-refractivity contribution in [1.82, 2.24) is 9.80 Å². The molecule has 1 aliphatic heterocycles. The number of ether oxygens (including phenoxy) is 1. The van der Waals surface area contributed by atoms with Crippen molar-refractivity contribution in [2.45, 2.75) is 31.7 Å². The summed E-state index contributed by atoms with van der Waals surface area (Å²) in [6, 6.07) is 6.78. The van der Waals surface area contributed by atoms with Crippen molar-refractivity contribution in [2.24, 2.45) is 0 Å². The number of amides is 1. The van der Waals surface area contributed by atoms with Gasteiger partial charge in [-0.25, -0.2) is 0 Å². The molecule has 0 N–H and O–H groups in total. The fraction of sp³-hybridized carbons (Fsp3) is 0.526. The number of alkyl halides is 3. The number of carbonyl (C=O) groups is 1. The summed E-state index contributed by atoms with van der Waals surface area (Å²) >= 11 is 0. The van der Waals surface area contributed by atoms with Crippen molar-refractivity contribution in [3.63, 3.8) is 0 Å². The number of hydrogen-bond donors (Lipinski definition) is 0. The lowest BCUT2D eigenvalue weighted by Crippen LogP contribution is -2.39. The van der Waals surface area contributed by atoms with E-state index in [2.05, 4.69) is 11.5 Å². The van der Waals surface area contributed by atoms with E-state index in [0.717, 1.165) is 42.9 Å². The van der Waals surface area contributed by atoms with Crippen molar-refractivity contribution in [3.8, 4) is 0 Å². The Morgan fingerprint density at radius 1 is 1.31 bits per heavy atom. The second-order valence-corrected chi connectivity index (χ2v) is 6.50. The molecule has 0 radical (unpaired) electrons. The van der Waals surface area contributed by atoms with Crippen LogP contribution in [0.3, 0.4) is 0 Å². The Morgan fingerprint density at radius 3 is 2.42 bits per heavy atom. The van der Waals surface area contributed by atoms with Crippen LogP contribution in [0.4, 0.5) is 13.2 Å². The number of nitrogens with zero attached hydrogens (tertiary/aromatic N) is 2. The van der Waals surface area contributed by atoms with Gasteiger partial charge in [0.1, 0.15) is 6.54 Å². The number of likely N-dealkylation sites (tertiary alicyclic amines) is 1. The Balaban J connectivity index is 1.97. The second-order valence-electron chi connectivity index (χ2n) is 6.50. The van der Waals surface area contributed by atoms with Gasteiger partial charge in [-0.2, -0.15) is 13.2 Å². The molecule has 144 valence electrons. The van der Waals surface area contributed by atoms with Gasteiger partial charge in [-0.15, -0.1) is 6.58 Å². The maximum absolute atomic E-state index is 12.6. The monoisotopic (exact) mass is 370 g/mol. The Labute approximate surface area is 152 Å². The molecule has 0 aromatic heterocycles. The van der Waals surface area contributed by atoms with Gasteiger partial charge >= 0.3 is 6.18 Å². The highest BCUT2D eigenvalue weighted by Gasteiger charge is 2.32. The average Bonchev–Trinajstić information content (AvgIpc) is 2.61. The van der Waals surface area contributed by atoms with Crippen molar-refractivity contribution in [2.75, 3.05) is 33.3 Å². The summed E-state index contributed by atoms with van der Waals surface area (Å²) in [7, 11) is 1.73. The van der Waals surface area contributed by atoms with Gasteiger partial charge in [0.2, 0.25) is 0 Å². The number of rotatable bonds is 7. The fourth-order valence-corrected chi connectivity index (χ4v) is 3.09. The highest BCUT2D eigenvalue weighted by molar-refractivity contribution is 5.94. The zero-order valence-corrected chi connectivity index (χ0v) is 15.0. The van der Waals surface area contributed by atoms with E-state index in [9.17, 15) is 18.0 Å². The molecule has 1 heterocycles. The van der Waals surface area contributed by atoms with Crippen molar-refractivity contribution in [1.29, 1.82) is 0 Å². The Bertz CT molecular complexity index is 594. The van der Waals surface area contributed by atoms with E-state index in [0.29, 0.717) is 6.10 Å². The van der Waals surface area contributed by atoms with Gasteiger partial charge in [-0.1, -0.05) is 18.2 Å². The second kappa shape index (κ2) is 9.19. The summed E-state index contributed by atoms with van der Waals surface area (Å²) in [4.78, 5) is 15.4. The third-order valence-electron chi connectivity index (χ3n) is 4.48. The predicted octanol–water partition coefficient (Wildman–Crippen LogP) is 3.49. The summed E-state index contributed by atoms with van der Waals surface area (Å²) in [6.07, 6.45) is -0.855. The molecule has 1 aliphatic rings. The first-order valence-electron chi connectivity index (χ1n) is 8.63. The van der Waals surface area contributed by atoms with E-state index in [-0.39, 0.29) is 12.1 Å². The highest BCUT2D eigenvalue weighted by Crippen LogP contribution is 2.19. The van der Waals surface area contributed by atoms with E-state index in [1.807, 2.05) is 0 Å². The molecule has 1 fully saturated rings. The van der Waals surface area contributed by atoms with Crippen LogP contribution in [0.1, 0.15) is 28.8 Å². The molecule has 2 rings (SSSR count). The summed E-state index contributed by atoms with van der Waals surface area (Å²) in [5.41, 5.74) is 1.28. The summed E-state index contributed by atoms with van der Waals surface area (Å²) in [6.45, 7) is 4.63. The van der Waals surface area contributed by atoms with Crippen LogP contribution in [0.15, 0.2) is 36.9 Å². The van der Waals surface area contributed by atoms with Crippen molar-refractivity contribution in [3.05, 3.63) is 48.0 Å². The Morgan fingerprint density at radius 2 is 1.92 bits per heavy atom. The van der Waals surface area contributed by atoms with Crippen LogP contribution < -0.4 is 0 Å². The molecule has 1 amide bonds. The molecule has 0 saturated carbocycles. The molecule has 7 heteroatoms. The first-order valence-corrected chi connectivity index (χ1v) is 8.63. The van der Waals surface area contributed by atoms with Crippen LogP contribution in [0.5, 0.6) is 0 Å². The van der Waals surface area contributed by atoms with Gasteiger partial charge in [0.25, 0.3) is 5.91 Å². The normalized spacial score (nSPS) is 16.5. The molecule has 0 spiro atoms. The van der Waals surface area contributed by atoms with Crippen molar-refractivity contribution >= 4 is 5.91 Å². The van der Waals surface area contributed by atoms with Crippen LogP contribution in [-0.2, 0) is 11.3 Å². The quantitative estimate of drug-likeness (QED) is 0.689. The number of methoxy groups -OCH3 is 1. The van der Waals surface area contributed by atoms with E-state index < -0.39 is 18.6 Å². The summed E-state index contributed by atoms with van der Waals surface area (Å²) < 4.78 is 43.3. The van der Waals surface area contributed by atoms with Crippen LogP contribution in [0, 0.1) is 0 Å². The molecule has 0 atom stereocenters. The lowest BCUT2D eigenvalue weighted by Gasteiger charge is -2.31. The first kappa shape index (κ1) is 20.5. The Hall–Kier alpha value is -1.86. The minimum absolute atomic E-state index is 0.144. The molecule has 26 heavy (non-hydrogen) atoms. The fourth-order valence-electron chi connectivity index (χ4n) is 3.09. The molecule has 0 unspecified atom stereocenters. The third-order valence-corrected chi connectivity index (χ3v) is 4.48. The smallest absolute Gasteiger partial charge is 0.381 e. The van der Waals surface area contributed by atoms with E-state index in [1.54, 1.807) is 31.4 Å². The topological polar surface area (TPSA) is 32.8 Å². The molecule has 4 nitrogen and oxygen atoms in total. The maximum Gasteiger partial charge on any atom is 0.406 e. The molecular formula is C19H25F3N2O2. The number of piperidine rings is 1. The van der Waals surface area contributed by atoms with E-state index >= 15 is 0 Å². The lowest BCUT2D eigenvalue weighted by molar-refractivity contribution is -0.139. The third kappa shape index (κ3) is 6.14.